The molecule has 0 aliphatic carbocycles. The SMILES string of the molecule is CCOc1cc(N2CCOCC2)c(OCC)cc1NC(=O)CN1C[C@H](C)C[C@H](C)C1. The monoisotopic (exact) mass is 419 g/mol. The van der Waals surface area contributed by atoms with Crippen LogP contribution >= 0.6 is 0 Å². The van der Waals surface area contributed by atoms with Crippen molar-refractivity contribution in [1.82, 2.24) is 4.90 Å². The van der Waals surface area contributed by atoms with Crippen LogP contribution in [0.25, 0.3) is 0 Å². The molecule has 168 valence electrons. The van der Waals surface area contributed by atoms with E-state index >= 15 is 0 Å². The third kappa shape index (κ3) is 6.01. The maximum Gasteiger partial charge on any atom is 0.238 e. The Morgan fingerprint density at radius 1 is 1.07 bits per heavy atom. The predicted molar refractivity (Wildman–Crippen MR) is 120 cm³/mol. The number of morpholine rings is 1. The van der Waals surface area contributed by atoms with Crippen LogP contribution in [-0.4, -0.2) is 70.0 Å². The zero-order chi connectivity index (χ0) is 21.5. The Balaban J connectivity index is 1.78. The number of likely N-dealkylation sites (tertiary alicyclic amines) is 1. The number of benzene rings is 1. The zero-order valence-corrected chi connectivity index (χ0v) is 18.9. The second-order valence-corrected chi connectivity index (χ2v) is 8.47. The quantitative estimate of drug-likeness (QED) is 0.698. The highest BCUT2D eigenvalue weighted by molar-refractivity contribution is 5.94. The topological polar surface area (TPSA) is 63.3 Å². The van der Waals surface area contributed by atoms with Crippen molar-refractivity contribution >= 4 is 17.3 Å². The number of nitrogens with zero attached hydrogens (tertiary/aromatic N) is 2. The first-order valence-corrected chi connectivity index (χ1v) is 11.3. The van der Waals surface area contributed by atoms with Gasteiger partial charge in [0.2, 0.25) is 5.91 Å². The van der Waals surface area contributed by atoms with Gasteiger partial charge in [-0.25, -0.2) is 0 Å². The highest BCUT2D eigenvalue weighted by Crippen LogP contribution is 2.39. The lowest BCUT2D eigenvalue weighted by Crippen LogP contribution is -2.42. The molecule has 2 heterocycles. The van der Waals surface area contributed by atoms with Crippen LogP contribution in [0.2, 0.25) is 0 Å². The third-order valence-corrected chi connectivity index (χ3v) is 5.60. The van der Waals surface area contributed by atoms with Crippen molar-refractivity contribution in [2.24, 2.45) is 11.8 Å². The van der Waals surface area contributed by atoms with Crippen molar-refractivity contribution < 1.29 is 19.0 Å². The maximum absolute atomic E-state index is 12.8. The van der Waals surface area contributed by atoms with E-state index in [-0.39, 0.29) is 5.91 Å². The van der Waals surface area contributed by atoms with Crippen LogP contribution < -0.4 is 19.7 Å². The number of hydrogen-bond acceptors (Lipinski definition) is 6. The van der Waals surface area contributed by atoms with Crippen LogP contribution in [-0.2, 0) is 9.53 Å². The summed E-state index contributed by atoms with van der Waals surface area (Å²) in [6.45, 7) is 14.9. The number of nitrogens with one attached hydrogen (secondary N) is 1. The van der Waals surface area contributed by atoms with Gasteiger partial charge in [-0.3, -0.25) is 9.69 Å². The summed E-state index contributed by atoms with van der Waals surface area (Å²) in [5.41, 5.74) is 1.65. The van der Waals surface area contributed by atoms with Crippen LogP contribution in [0.4, 0.5) is 11.4 Å². The molecular formula is C23H37N3O4. The Kier molecular flexibility index (Phi) is 8.22. The molecule has 1 aromatic carbocycles. The summed E-state index contributed by atoms with van der Waals surface area (Å²) in [6, 6.07) is 3.89. The summed E-state index contributed by atoms with van der Waals surface area (Å²) in [4.78, 5) is 17.3. The first kappa shape index (κ1) is 22.7. The molecule has 0 aromatic heterocycles. The predicted octanol–water partition coefficient (Wildman–Crippen LogP) is 3.24. The molecule has 2 saturated heterocycles. The fourth-order valence-electron chi connectivity index (χ4n) is 4.56. The Morgan fingerprint density at radius 3 is 2.33 bits per heavy atom. The zero-order valence-electron chi connectivity index (χ0n) is 18.9. The molecule has 2 aliphatic rings. The number of hydrogen-bond donors (Lipinski definition) is 1. The Morgan fingerprint density at radius 2 is 1.70 bits per heavy atom. The Labute approximate surface area is 180 Å². The maximum atomic E-state index is 12.8. The largest absolute Gasteiger partial charge is 0.492 e. The molecular weight excluding hydrogens is 382 g/mol. The standard InChI is InChI=1S/C23H37N3O4/c1-5-29-21-13-20(26-7-9-28-10-8-26)22(30-6-2)12-19(21)24-23(27)16-25-14-17(3)11-18(4)15-25/h12-13,17-18H,5-11,14-16H2,1-4H3,(H,24,27)/t17-,18+. The lowest BCUT2D eigenvalue weighted by atomic mass is 9.92. The second-order valence-electron chi connectivity index (χ2n) is 8.47. The van der Waals surface area contributed by atoms with Gasteiger partial charge in [0.05, 0.1) is 44.3 Å². The van der Waals surface area contributed by atoms with Crippen LogP contribution in [0.1, 0.15) is 34.1 Å². The van der Waals surface area contributed by atoms with E-state index < -0.39 is 0 Å². The molecule has 3 rings (SSSR count). The van der Waals surface area contributed by atoms with Gasteiger partial charge in [-0.15, -0.1) is 0 Å². The van der Waals surface area contributed by atoms with Crippen LogP contribution in [0.15, 0.2) is 12.1 Å². The average molecular weight is 420 g/mol. The molecule has 0 bridgehead atoms. The molecule has 0 saturated carbocycles. The fraction of sp³-hybridized carbons (Fsp3) is 0.696. The summed E-state index contributed by atoms with van der Waals surface area (Å²) in [5, 5.41) is 3.07. The summed E-state index contributed by atoms with van der Waals surface area (Å²) in [7, 11) is 0. The molecule has 7 heteroatoms. The highest BCUT2D eigenvalue weighted by atomic mass is 16.5. The minimum Gasteiger partial charge on any atom is -0.492 e. The normalized spacial score (nSPS) is 22.6. The minimum atomic E-state index is -0.0150. The van der Waals surface area contributed by atoms with E-state index in [0.717, 1.165) is 37.6 Å². The number of piperidine rings is 1. The van der Waals surface area contributed by atoms with Crippen LogP contribution in [0.5, 0.6) is 11.5 Å². The lowest BCUT2D eigenvalue weighted by Gasteiger charge is -2.34. The summed E-state index contributed by atoms with van der Waals surface area (Å²) in [6.07, 6.45) is 1.23. The number of anilines is 2. The van der Waals surface area contributed by atoms with Crippen molar-refractivity contribution in [1.29, 1.82) is 0 Å². The minimum absolute atomic E-state index is 0.0150. The van der Waals surface area contributed by atoms with Crippen molar-refractivity contribution in [3.05, 3.63) is 12.1 Å². The van der Waals surface area contributed by atoms with E-state index in [0.29, 0.717) is 56.2 Å². The smallest absolute Gasteiger partial charge is 0.238 e. The molecule has 0 spiro atoms. The van der Waals surface area contributed by atoms with Crippen molar-refractivity contribution in [3.63, 3.8) is 0 Å². The van der Waals surface area contributed by atoms with Crippen molar-refractivity contribution in [2.45, 2.75) is 34.1 Å². The van der Waals surface area contributed by atoms with E-state index in [2.05, 4.69) is 29.0 Å². The molecule has 1 amide bonds. The van der Waals surface area contributed by atoms with Crippen LogP contribution in [0.3, 0.4) is 0 Å². The fourth-order valence-corrected chi connectivity index (χ4v) is 4.56. The average Bonchev–Trinajstić information content (AvgIpc) is 2.70. The van der Waals surface area contributed by atoms with Crippen molar-refractivity contribution in [2.75, 3.05) is 69.4 Å². The Bertz CT molecular complexity index is 696. The number of carbonyl (C=O) groups is 1. The van der Waals surface area contributed by atoms with Gasteiger partial charge in [0.1, 0.15) is 11.5 Å². The van der Waals surface area contributed by atoms with Crippen molar-refractivity contribution in [3.8, 4) is 11.5 Å². The van der Waals surface area contributed by atoms with Gasteiger partial charge in [0.25, 0.3) is 0 Å². The van der Waals surface area contributed by atoms with Crippen LogP contribution in [0, 0.1) is 11.8 Å². The van der Waals surface area contributed by atoms with Gasteiger partial charge in [0.15, 0.2) is 0 Å². The molecule has 2 fully saturated rings. The summed E-state index contributed by atoms with van der Waals surface area (Å²) >= 11 is 0. The van der Waals surface area contributed by atoms with E-state index in [9.17, 15) is 4.79 Å². The van der Waals surface area contributed by atoms with Gasteiger partial charge in [0, 0.05) is 38.3 Å². The number of carbonyl (C=O) groups excluding carboxylic acids is 1. The molecule has 2 atom stereocenters. The molecule has 0 unspecified atom stereocenters. The lowest BCUT2D eigenvalue weighted by molar-refractivity contribution is -0.117. The summed E-state index contributed by atoms with van der Waals surface area (Å²) < 4.78 is 17.3. The van der Waals surface area contributed by atoms with Gasteiger partial charge in [-0.05, 0) is 32.1 Å². The second kappa shape index (κ2) is 10.9. The van der Waals surface area contributed by atoms with Gasteiger partial charge in [-0.1, -0.05) is 13.8 Å². The molecule has 1 N–H and O–H groups in total. The molecule has 2 aliphatic heterocycles. The van der Waals surface area contributed by atoms with E-state index in [1.54, 1.807) is 0 Å². The van der Waals surface area contributed by atoms with Gasteiger partial charge in [-0.2, -0.15) is 0 Å². The first-order chi connectivity index (χ1) is 14.5. The molecule has 7 nitrogen and oxygen atoms in total. The van der Waals surface area contributed by atoms with E-state index in [1.165, 1.54) is 6.42 Å². The number of amides is 1. The van der Waals surface area contributed by atoms with E-state index in [1.807, 2.05) is 26.0 Å². The third-order valence-electron chi connectivity index (χ3n) is 5.60. The molecule has 0 radical (unpaired) electrons. The number of rotatable bonds is 8. The Hall–Kier alpha value is -1.99. The highest BCUT2D eigenvalue weighted by Gasteiger charge is 2.24. The summed E-state index contributed by atoms with van der Waals surface area (Å²) in [5.74, 6) is 2.67. The van der Waals surface area contributed by atoms with E-state index in [4.69, 9.17) is 14.2 Å². The number of ether oxygens (including phenoxy) is 3. The van der Waals surface area contributed by atoms with Gasteiger partial charge < -0.3 is 24.4 Å². The first-order valence-electron chi connectivity index (χ1n) is 11.3. The molecule has 1 aromatic rings. The van der Waals surface area contributed by atoms with Gasteiger partial charge >= 0.3 is 0 Å². The molecule has 30 heavy (non-hydrogen) atoms.